The molecule has 1 N–H and O–H groups in total. The van der Waals surface area contributed by atoms with E-state index in [2.05, 4.69) is 31.6 Å². The van der Waals surface area contributed by atoms with Gasteiger partial charge in [-0.2, -0.15) is 0 Å². The second kappa shape index (κ2) is 8.04. The Balaban J connectivity index is 1.67. The summed E-state index contributed by atoms with van der Waals surface area (Å²) in [5, 5.41) is 12.4. The van der Waals surface area contributed by atoms with Crippen molar-refractivity contribution in [1.82, 2.24) is 24.9 Å². The molecule has 152 valence electrons. The number of aryl methyl sites for hydroxylation is 1. The molecule has 2 heterocycles. The molecular weight excluding hydrogens is 376 g/mol. The van der Waals surface area contributed by atoms with Crippen LogP contribution in [0.3, 0.4) is 0 Å². The lowest BCUT2D eigenvalue weighted by atomic mass is 10.1. The number of carbonyl (C=O) groups is 1. The second-order valence-electron chi connectivity index (χ2n) is 7.63. The van der Waals surface area contributed by atoms with Gasteiger partial charge in [-0.05, 0) is 63.8 Å². The van der Waals surface area contributed by atoms with Crippen LogP contribution in [0.5, 0.6) is 0 Å². The van der Waals surface area contributed by atoms with Gasteiger partial charge in [0, 0.05) is 23.8 Å². The molecule has 0 bridgehead atoms. The van der Waals surface area contributed by atoms with Gasteiger partial charge in [-0.15, -0.1) is 5.10 Å². The lowest BCUT2D eigenvalue weighted by Crippen LogP contribution is -2.18. The maximum atomic E-state index is 13.0. The van der Waals surface area contributed by atoms with Gasteiger partial charge in [0.25, 0.3) is 5.91 Å². The number of anilines is 1. The van der Waals surface area contributed by atoms with Crippen LogP contribution in [0.4, 0.5) is 5.69 Å². The molecule has 0 saturated heterocycles. The highest BCUT2D eigenvalue weighted by atomic mass is 16.2. The summed E-state index contributed by atoms with van der Waals surface area (Å²) in [6.07, 6.45) is 1.76. The number of benzene rings is 2. The van der Waals surface area contributed by atoms with Crippen LogP contribution in [0.25, 0.3) is 16.6 Å². The smallest absolute Gasteiger partial charge is 0.278 e. The van der Waals surface area contributed by atoms with E-state index in [1.165, 1.54) is 0 Å². The van der Waals surface area contributed by atoms with Crippen molar-refractivity contribution in [2.75, 3.05) is 19.4 Å². The van der Waals surface area contributed by atoms with Gasteiger partial charge in [0.15, 0.2) is 5.69 Å². The van der Waals surface area contributed by atoms with Crippen LogP contribution in [0.15, 0.2) is 54.7 Å². The fourth-order valence-electron chi connectivity index (χ4n) is 3.54. The standard InChI is InChI=1S/C23H24N6O/c1-15-10-11-19(17(13-15)14-28(3)4)25-23(30)22-16(2)29(27-26-22)21-9-5-8-20-18(21)7-6-12-24-20/h5-13H,14H2,1-4H3,(H,25,30). The maximum Gasteiger partial charge on any atom is 0.278 e. The molecule has 4 aromatic rings. The second-order valence-corrected chi connectivity index (χ2v) is 7.63. The lowest BCUT2D eigenvalue weighted by molar-refractivity contribution is 0.102. The van der Waals surface area contributed by atoms with Crippen molar-refractivity contribution in [3.63, 3.8) is 0 Å². The Bertz CT molecular complexity index is 1220. The molecule has 0 aliphatic heterocycles. The Labute approximate surface area is 175 Å². The summed E-state index contributed by atoms with van der Waals surface area (Å²) in [7, 11) is 4.01. The maximum absolute atomic E-state index is 13.0. The minimum atomic E-state index is -0.277. The van der Waals surface area contributed by atoms with E-state index >= 15 is 0 Å². The zero-order valence-electron chi connectivity index (χ0n) is 17.5. The number of amides is 1. The topological polar surface area (TPSA) is 75.9 Å². The summed E-state index contributed by atoms with van der Waals surface area (Å²) in [6, 6.07) is 15.7. The molecule has 0 aliphatic carbocycles. The molecular formula is C23H24N6O. The molecule has 7 heteroatoms. The molecule has 0 fully saturated rings. The fourth-order valence-corrected chi connectivity index (χ4v) is 3.54. The number of fused-ring (bicyclic) bond motifs is 1. The van der Waals surface area contributed by atoms with Gasteiger partial charge in [0.2, 0.25) is 0 Å². The van der Waals surface area contributed by atoms with Crippen molar-refractivity contribution >= 4 is 22.5 Å². The Morgan fingerprint density at radius 2 is 1.93 bits per heavy atom. The Kier molecular flexibility index (Phi) is 5.29. The van der Waals surface area contributed by atoms with Crippen LogP contribution in [-0.4, -0.2) is 44.9 Å². The van der Waals surface area contributed by atoms with Gasteiger partial charge in [-0.25, -0.2) is 4.68 Å². The van der Waals surface area contributed by atoms with E-state index in [0.717, 1.165) is 39.9 Å². The summed E-state index contributed by atoms with van der Waals surface area (Å²) in [5.74, 6) is -0.277. The molecule has 0 saturated carbocycles. The SMILES string of the molecule is Cc1ccc(NC(=O)c2nnn(-c3cccc4ncccc34)c2C)c(CN(C)C)c1. The van der Waals surface area contributed by atoms with E-state index in [1.54, 1.807) is 10.9 Å². The van der Waals surface area contributed by atoms with E-state index in [1.807, 2.05) is 70.4 Å². The first kappa shape index (κ1) is 19.7. The third-order valence-corrected chi connectivity index (χ3v) is 4.96. The highest BCUT2D eigenvalue weighted by molar-refractivity contribution is 6.04. The van der Waals surface area contributed by atoms with Gasteiger partial charge >= 0.3 is 0 Å². The zero-order valence-corrected chi connectivity index (χ0v) is 17.5. The first-order valence-corrected chi connectivity index (χ1v) is 9.76. The van der Waals surface area contributed by atoms with Crippen LogP contribution < -0.4 is 5.32 Å². The average molecular weight is 400 g/mol. The Morgan fingerprint density at radius 1 is 1.10 bits per heavy atom. The number of nitrogens with one attached hydrogen (secondary N) is 1. The van der Waals surface area contributed by atoms with E-state index in [-0.39, 0.29) is 5.91 Å². The van der Waals surface area contributed by atoms with Crippen molar-refractivity contribution in [3.8, 4) is 5.69 Å². The van der Waals surface area contributed by atoms with Crippen molar-refractivity contribution in [2.45, 2.75) is 20.4 Å². The molecule has 0 radical (unpaired) electrons. The van der Waals surface area contributed by atoms with E-state index in [0.29, 0.717) is 11.4 Å². The monoisotopic (exact) mass is 400 g/mol. The van der Waals surface area contributed by atoms with Crippen LogP contribution in [0, 0.1) is 13.8 Å². The minimum Gasteiger partial charge on any atom is -0.320 e. The van der Waals surface area contributed by atoms with Crippen molar-refractivity contribution in [1.29, 1.82) is 0 Å². The molecule has 0 unspecified atom stereocenters. The lowest BCUT2D eigenvalue weighted by Gasteiger charge is -2.15. The number of nitrogens with zero attached hydrogens (tertiary/aromatic N) is 5. The normalized spacial score (nSPS) is 11.2. The molecule has 7 nitrogen and oxygen atoms in total. The predicted molar refractivity (Wildman–Crippen MR) is 118 cm³/mol. The largest absolute Gasteiger partial charge is 0.320 e. The molecule has 0 atom stereocenters. The van der Waals surface area contributed by atoms with Gasteiger partial charge in [0.05, 0.1) is 16.9 Å². The Hall–Kier alpha value is -3.58. The van der Waals surface area contributed by atoms with Gasteiger partial charge in [-0.1, -0.05) is 29.0 Å². The third kappa shape index (κ3) is 3.79. The van der Waals surface area contributed by atoms with Crippen molar-refractivity contribution < 1.29 is 4.79 Å². The Morgan fingerprint density at radius 3 is 2.73 bits per heavy atom. The third-order valence-electron chi connectivity index (χ3n) is 4.96. The summed E-state index contributed by atoms with van der Waals surface area (Å²) in [5.41, 5.74) is 5.66. The summed E-state index contributed by atoms with van der Waals surface area (Å²) >= 11 is 0. The van der Waals surface area contributed by atoms with E-state index in [9.17, 15) is 4.79 Å². The van der Waals surface area contributed by atoms with Gasteiger partial charge in [0.1, 0.15) is 0 Å². The zero-order chi connectivity index (χ0) is 21.3. The molecule has 2 aromatic heterocycles. The average Bonchev–Trinajstić information content (AvgIpc) is 3.10. The number of aromatic nitrogens is 4. The van der Waals surface area contributed by atoms with Crippen molar-refractivity contribution in [3.05, 3.63) is 77.2 Å². The van der Waals surface area contributed by atoms with Crippen LogP contribution in [-0.2, 0) is 6.54 Å². The first-order valence-electron chi connectivity index (χ1n) is 9.76. The summed E-state index contributed by atoms with van der Waals surface area (Å²) < 4.78 is 1.69. The summed E-state index contributed by atoms with van der Waals surface area (Å²) in [6.45, 7) is 4.62. The van der Waals surface area contributed by atoms with Crippen LogP contribution in [0.2, 0.25) is 0 Å². The molecule has 0 aliphatic rings. The molecule has 1 amide bonds. The minimum absolute atomic E-state index is 0.277. The predicted octanol–water partition coefficient (Wildman–Crippen LogP) is 3.75. The van der Waals surface area contributed by atoms with E-state index in [4.69, 9.17) is 0 Å². The fraction of sp³-hybridized carbons (Fsp3) is 0.217. The molecule has 30 heavy (non-hydrogen) atoms. The van der Waals surface area contributed by atoms with Gasteiger partial charge < -0.3 is 10.2 Å². The highest BCUT2D eigenvalue weighted by Crippen LogP contribution is 2.23. The number of pyridine rings is 1. The first-order chi connectivity index (χ1) is 14.4. The number of rotatable bonds is 5. The van der Waals surface area contributed by atoms with Crippen LogP contribution in [0.1, 0.15) is 27.3 Å². The van der Waals surface area contributed by atoms with E-state index < -0.39 is 0 Å². The molecule has 4 rings (SSSR count). The molecule has 2 aromatic carbocycles. The summed E-state index contributed by atoms with van der Waals surface area (Å²) in [4.78, 5) is 19.5. The number of carbonyl (C=O) groups excluding carboxylic acids is 1. The quantitative estimate of drug-likeness (QED) is 0.552. The van der Waals surface area contributed by atoms with Crippen molar-refractivity contribution in [2.24, 2.45) is 0 Å². The van der Waals surface area contributed by atoms with Gasteiger partial charge in [-0.3, -0.25) is 9.78 Å². The molecule has 0 spiro atoms. The van der Waals surface area contributed by atoms with Crippen LogP contribution >= 0.6 is 0 Å². The number of hydrogen-bond donors (Lipinski definition) is 1. The highest BCUT2D eigenvalue weighted by Gasteiger charge is 2.19. The number of hydrogen-bond acceptors (Lipinski definition) is 5.